The number of dihydropyridines is 1. The highest BCUT2D eigenvalue weighted by Crippen LogP contribution is 2.32. The molecule has 0 saturated carbocycles. The normalized spacial score (nSPS) is 13.6. The van der Waals surface area contributed by atoms with Crippen molar-refractivity contribution in [2.75, 3.05) is 19.8 Å². The number of hydrogen-bond acceptors (Lipinski definition) is 9. The molecule has 0 aliphatic carbocycles. The first kappa shape index (κ1) is 26.3. The summed E-state index contributed by atoms with van der Waals surface area (Å²) in [6.45, 7) is 5.60. The van der Waals surface area contributed by atoms with Gasteiger partial charge in [-0.25, -0.2) is 9.59 Å². The lowest BCUT2D eigenvalue weighted by Gasteiger charge is -2.28. The second kappa shape index (κ2) is 12.3. The third-order valence-corrected chi connectivity index (χ3v) is 4.82. The van der Waals surface area contributed by atoms with Crippen LogP contribution in [0.5, 0.6) is 0 Å². The predicted octanol–water partition coefficient (Wildman–Crippen LogP) is 1.31. The Kier molecular flexibility index (Phi) is 9.54. The minimum absolute atomic E-state index is 0.0291. The molecule has 1 aromatic rings. The molecule has 2 N–H and O–H groups in total. The number of benzene rings is 1. The van der Waals surface area contributed by atoms with E-state index in [1.165, 1.54) is 0 Å². The van der Waals surface area contributed by atoms with Crippen LogP contribution < -0.4 is 10.6 Å². The number of hydrogen-bond donors (Lipinski definition) is 2. The van der Waals surface area contributed by atoms with Crippen molar-refractivity contribution >= 4 is 29.7 Å². The first-order valence-electron chi connectivity index (χ1n) is 10.8. The standard InChI is InChI=1S/C24H28N2O8/c1-5-32-22(29)19-14(3)25-15(4)20(23(30)33-6-2)21(19)24(31)34-13-18(28)26-17(27)12-16-10-8-7-9-11-16/h7-11,21,25H,5-6,12-13H2,1-4H3,(H,26,27,28). The fraction of sp³-hybridized carbons (Fsp3) is 0.375. The fourth-order valence-corrected chi connectivity index (χ4v) is 3.43. The number of rotatable bonds is 9. The van der Waals surface area contributed by atoms with Crippen LogP contribution in [0.1, 0.15) is 33.3 Å². The lowest BCUT2D eigenvalue weighted by atomic mass is 9.85. The van der Waals surface area contributed by atoms with Gasteiger partial charge < -0.3 is 19.5 Å². The van der Waals surface area contributed by atoms with Gasteiger partial charge in [0.2, 0.25) is 5.91 Å². The zero-order valence-corrected chi connectivity index (χ0v) is 19.6. The molecule has 2 rings (SSSR count). The lowest BCUT2D eigenvalue weighted by molar-refractivity contribution is -0.154. The monoisotopic (exact) mass is 472 g/mol. The van der Waals surface area contributed by atoms with E-state index in [-0.39, 0.29) is 30.8 Å². The number of esters is 3. The predicted molar refractivity (Wildman–Crippen MR) is 120 cm³/mol. The number of carbonyl (C=O) groups excluding carboxylic acids is 5. The first-order valence-corrected chi connectivity index (χ1v) is 10.8. The van der Waals surface area contributed by atoms with Gasteiger partial charge in [0, 0.05) is 11.4 Å². The number of imide groups is 1. The smallest absolute Gasteiger partial charge is 0.337 e. The van der Waals surface area contributed by atoms with Gasteiger partial charge in [0.15, 0.2) is 6.61 Å². The van der Waals surface area contributed by atoms with E-state index in [0.717, 1.165) is 0 Å². The van der Waals surface area contributed by atoms with Crippen molar-refractivity contribution in [3.05, 3.63) is 58.4 Å². The fourth-order valence-electron chi connectivity index (χ4n) is 3.43. The topological polar surface area (TPSA) is 137 Å². The Balaban J connectivity index is 2.16. The van der Waals surface area contributed by atoms with E-state index in [0.29, 0.717) is 17.0 Å². The third-order valence-electron chi connectivity index (χ3n) is 4.82. The molecule has 0 spiro atoms. The van der Waals surface area contributed by atoms with Gasteiger partial charge in [0.1, 0.15) is 5.92 Å². The highest BCUT2D eigenvalue weighted by atomic mass is 16.5. The van der Waals surface area contributed by atoms with Crippen molar-refractivity contribution in [3.8, 4) is 0 Å². The summed E-state index contributed by atoms with van der Waals surface area (Å²) in [5, 5.41) is 5.02. The van der Waals surface area contributed by atoms with Gasteiger partial charge in [-0.1, -0.05) is 30.3 Å². The number of carbonyl (C=O) groups is 5. The summed E-state index contributed by atoms with van der Waals surface area (Å²) in [7, 11) is 0. The Morgan fingerprint density at radius 3 is 1.85 bits per heavy atom. The maximum Gasteiger partial charge on any atom is 0.337 e. The van der Waals surface area contributed by atoms with Gasteiger partial charge in [-0.05, 0) is 33.3 Å². The minimum Gasteiger partial charge on any atom is -0.463 e. The molecule has 0 radical (unpaired) electrons. The average Bonchev–Trinajstić information content (AvgIpc) is 2.77. The maximum absolute atomic E-state index is 13.0. The molecule has 182 valence electrons. The summed E-state index contributed by atoms with van der Waals surface area (Å²) < 4.78 is 15.2. The van der Waals surface area contributed by atoms with Gasteiger partial charge in [-0.15, -0.1) is 0 Å². The van der Waals surface area contributed by atoms with E-state index in [4.69, 9.17) is 14.2 Å². The van der Waals surface area contributed by atoms with Crippen LogP contribution in [0.4, 0.5) is 0 Å². The third kappa shape index (κ3) is 6.77. The summed E-state index contributed by atoms with van der Waals surface area (Å²) in [4.78, 5) is 62.4. The molecule has 0 saturated heterocycles. The van der Waals surface area contributed by atoms with E-state index in [1.807, 2.05) is 0 Å². The Morgan fingerprint density at radius 1 is 0.824 bits per heavy atom. The van der Waals surface area contributed by atoms with E-state index < -0.39 is 42.2 Å². The molecular formula is C24H28N2O8. The van der Waals surface area contributed by atoms with Gasteiger partial charge in [0.05, 0.1) is 30.8 Å². The van der Waals surface area contributed by atoms with Gasteiger partial charge >= 0.3 is 17.9 Å². The largest absolute Gasteiger partial charge is 0.463 e. The lowest BCUT2D eigenvalue weighted by Crippen LogP contribution is -2.40. The van der Waals surface area contributed by atoms with Crippen molar-refractivity contribution in [2.45, 2.75) is 34.1 Å². The van der Waals surface area contributed by atoms with Crippen LogP contribution in [0.15, 0.2) is 52.9 Å². The number of allylic oxidation sites excluding steroid dienone is 2. The van der Waals surface area contributed by atoms with Gasteiger partial charge in [-0.2, -0.15) is 0 Å². The number of ether oxygens (including phenoxy) is 3. The summed E-state index contributed by atoms with van der Waals surface area (Å²) >= 11 is 0. The van der Waals surface area contributed by atoms with Crippen LogP contribution in [0, 0.1) is 5.92 Å². The molecule has 0 bridgehead atoms. The van der Waals surface area contributed by atoms with Gasteiger partial charge in [0.25, 0.3) is 5.91 Å². The van der Waals surface area contributed by atoms with Crippen LogP contribution >= 0.6 is 0 Å². The van der Waals surface area contributed by atoms with Crippen molar-refractivity contribution in [1.29, 1.82) is 0 Å². The second-order valence-electron chi connectivity index (χ2n) is 7.32. The highest BCUT2D eigenvalue weighted by Gasteiger charge is 2.42. The van der Waals surface area contributed by atoms with Crippen molar-refractivity contribution < 1.29 is 38.2 Å². The summed E-state index contributed by atoms with van der Waals surface area (Å²) in [6.07, 6.45) is -0.0291. The molecule has 0 aromatic heterocycles. The van der Waals surface area contributed by atoms with Gasteiger partial charge in [-0.3, -0.25) is 19.7 Å². The Labute approximate surface area is 197 Å². The SMILES string of the molecule is CCOC(=O)C1=C(C)NC(C)=C(C(=O)OCC)C1C(=O)OCC(=O)NC(=O)Cc1ccccc1. The van der Waals surface area contributed by atoms with Crippen LogP contribution in [0.2, 0.25) is 0 Å². The number of nitrogens with one attached hydrogen (secondary N) is 2. The van der Waals surface area contributed by atoms with Crippen molar-refractivity contribution in [1.82, 2.24) is 10.6 Å². The van der Waals surface area contributed by atoms with Crippen molar-refractivity contribution in [3.63, 3.8) is 0 Å². The molecule has 0 unspecified atom stereocenters. The average molecular weight is 472 g/mol. The molecule has 1 aliphatic rings. The first-order chi connectivity index (χ1) is 16.2. The summed E-state index contributed by atoms with van der Waals surface area (Å²) in [5.74, 6) is -5.54. The Morgan fingerprint density at radius 2 is 1.35 bits per heavy atom. The summed E-state index contributed by atoms with van der Waals surface area (Å²) in [6, 6.07) is 8.79. The molecule has 1 aliphatic heterocycles. The van der Waals surface area contributed by atoms with E-state index in [1.54, 1.807) is 58.0 Å². The zero-order chi connectivity index (χ0) is 25.3. The molecule has 34 heavy (non-hydrogen) atoms. The quantitative estimate of drug-likeness (QED) is 0.402. The van der Waals surface area contributed by atoms with E-state index in [9.17, 15) is 24.0 Å². The molecular weight excluding hydrogens is 444 g/mol. The molecule has 0 fully saturated rings. The maximum atomic E-state index is 13.0. The van der Waals surface area contributed by atoms with Crippen LogP contribution in [0.3, 0.4) is 0 Å². The molecule has 2 amide bonds. The summed E-state index contributed by atoms with van der Waals surface area (Å²) in [5.41, 5.74) is 1.06. The zero-order valence-electron chi connectivity index (χ0n) is 19.6. The highest BCUT2D eigenvalue weighted by molar-refractivity contribution is 6.06. The second-order valence-corrected chi connectivity index (χ2v) is 7.32. The van der Waals surface area contributed by atoms with E-state index in [2.05, 4.69) is 10.6 Å². The molecule has 10 nitrogen and oxygen atoms in total. The Bertz CT molecular complexity index is 987. The Hall–Kier alpha value is -3.95. The molecule has 1 heterocycles. The molecule has 10 heteroatoms. The minimum atomic E-state index is -1.47. The van der Waals surface area contributed by atoms with Crippen molar-refractivity contribution in [2.24, 2.45) is 5.92 Å². The molecule has 1 aromatic carbocycles. The van der Waals surface area contributed by atoms with Crippen LogP contribution in [-0.2, 0) is 44.6 Å². The van der Waals surface area contributed by atoms with Crippen LogP contribution in [-0.4, -0.2) is 49.5 Å². The van der Waals surface area contributed by atoms with E-state index >= 15 is 0 Å². The molecule has 0 atom stereocenters. The number of amides is 2. The van der Waals surface area contributed by atoms with Crippen LogP contribution in [0.25, 0.3) is 0 Å².